The van der Waals surface area contributed by atoms with E-state index in [0.29, 0.717) is 49.9 Å². The first-order valence-electron chi connectivity index (χ1n) is 15.0. The van der Waals surface area contributed by atoms with Crippen LogP contribution in [0.4, 0.5) is 16.2 Å². The van der Waals surface area contributed by atoms with Gasteiger partial charge in [0.2, 0.25) is 10.0 Å². The molecular formula is C32H45N5O7S. The van der Waals surface area contributed by atoms with Crippen LogP contribution < -0.4 is 14.8 Å². The molecule has 0 radical (unpaired) electrons. The number of hydrogen-bond acceptors (Lipinski definition) is 9. The van der Waals surface area contributed by atoms with Crippen molar-refractivity contribution in [2.45, 2.75) is 59.6 Å². The first-order valence-corrected chi connectivity index (χ1v) is 16.9. The third-order valence-electron chi connectivity index (χ3n) is 7.34. The van der Waals surface area contributed by atoms with Crippen LogP contribution in [0.5, 0.6) is 5.75 Å². The summed E-state index contributed by atoms with van der Waals surface area (Å²) in [5, 5.41) is 5.43. The predicted octanol–water partition coefficient (Wildman–Crippen LogP) is 5.54. The quantitative estimate of drug-likeness (QED) is 0.243. The highest BCUT2D eigenvalue weighted by molar-refractivity contribution is 7.92. The molecule has 0 aliphatic carbocycles. The Kier molecular flexibility index (Phi) is 10.4. The number of H-pyrrole nitrogens is 1. The highest BCUT2D eigenvalue weighted by Gasteiger charge is 2.28. The molecular weight excluding hydrogens is 598 g/mol. The smallest absolute Gasteiger partial charge is 0.492 e. The maximum atomic E-state index is 13.6. The van der Waals surface area contributed by atoms with Crippen molar-refractivity contribution in [1.82, 2.24) is 14.9 Å². The number of methoxy groups -OCH3 is 1. The zero-order chi connectivity index (χ0) is 33.1. The van der Waals surface area contributed by atoms with Crippen LogP contribution in [0.3, 0.4) is 0 Å². The fraction of sp³-hybridized carbons (Fsp3) is 0.500. The Morgan fingerprint density at radius 1 is 1.02 bits per heavy atom. The zero-order valence-electron chi connectivity index (χ0n) is 27.3. The molecule has 1 amide bonds. The van der Waals surface area contributed by atoms with Crippen LogP contribution in [0.15, 0.2) is 36.4 Å². The molecule has 0 spiro atoms. The number of rotatable bonds is 10. The number of para-hydroxylation sites is 1. The number of sulfonamides is 1. The number of nitrogens with zero attached hydrogens (tertiary/aromatic N) is 2. The van der Waals surface area contributed by atoms with E-state index in [-0.39, 0.29) is 23.4 Å². The van der Waals surface area contributed by atoms with E-state index >= 15 is 0 Å². The first-order chi connectivity index (χ1) is 21.0. The van der Waals surface area contributed by atoms with E-state index in [9.17, 15) is 18.0 Å². The van der Waals surface area contributed by atoms with Crippen LogP contribution in [-0.4, -0.2) is 80.6 Å². The largest absolute Gasteiger partial charge is 0.528 e. The number of aromatic amines is 1. The van der Waals surface area contributed by atoms with E-state index in [0.717, 1.165) is 28.3 Å². The van der Waals surface area contributed by atoms with Crippen LogP contribution in [0, 0.1) is 5.92 Å². The summed E-state index contributed by atoms with van der Waals surface area (Å²) in [6.45, 7) is 14.0. The van der Waals surface area contributed by atoms with Gasteiger partial charge in [0.05, 0.1) is 30.3 Å². The van der Waals surface area contributed by atoms with Gasteiger partial charge in [-0.1, -0.05) is 32.0 Å². The molecule has 246 valence electrons. The summed E-state index contributed by atoms with van der Waals surface area (Å²) in [7, 11) is -2.16. The molecule has 1 fully saturated rings. The molecule has 2 heterocycles. The summed E-state index contributed by atoms with van der Waals surface area (Å²) >= 11 is 0. The van der Waals surface area contributed by atoms with Gasteiger partial charge in [0.15, 0.2) is 5.75 Å². The number of benzene rings is 2. The number of carbonyl (C=O) groups excluding carboxylic acids is 2. The Morgan fingerprint density at radius 2 is 1.69 bits per heavy atom. The van der Waals surface area contributed by atoms with E-state index < -0.39 is 21.8 Å². The SMILES string of the molecule is COc1c(NC(=O)c2cc3cccc(C(C)N4CCN(OC(=O)OC(C)(C)C)CC4)c3[nH]2)cc(CC(C)C)cc1NS(C)(=O)=O. The van der Waals surface area contributed by atoms with Gasteiger partial charge < -0.3 is 24.6 Å². The maximum absolute atomic E-state index is 13.6. The van der Waals surface area contributed by atoms with Gasteiger partial charge in [-0.15, -0.1) is 5.06 Å². The minimum Gasteiger partial charge on any atom is -0.492 e. The molecule has 1 aliphatic heterocycles. The first kappa shape index (κ1) is 34.1. The van der Waals surface area contributed by atoms with Gasteiger partial charge in [-0.25, -0.2) is 13.2 Å². The Labute approximate surface area is 265 Å². The number of nitrogens with one attached hydrogen (secondary N) is 3. The van der Waals surface area contributed by atoms with Crippen LogP contribution in [0.2, 0.25) is 0 Å². The second-order valence-electron chi connectivity index (χ2n) is 12.8. The number of hydroxylamine groups is 2. The molecule has 0 saturated carbocycles. The molecule has 1 unspecified atom stereocenters. The molecule has 2 aromatic carbocycles. The molecule has 3 aromatic rings. The van der Waals surface area contributed by atoms with Crippen LogP contribution in [-0.2, 0) is 26.0 Å². The molecule has 1 aliphatic rings. The van der Waals surface area contributed by atoms with Gasteiger partial charge in [0.25, 0.3) is 5.91 Å². The lowest BCUT2D eigenvalue weighted by atomic mass is 10.0. The summed E-state index contributed by atoms with van der Waals surface area (Å²) < 4.78 is 37.5. The van der Waals surface area contributed by atoms with Gasteiger partial charge >= 0.3 is 6.16 Å². The number of anilines is 2. The number of carbonyl (C=O) groups is 2. The maximum Gasteiger partial charge on any atom is 0.528 e. The molecule has 13 heteroatoms. The topological polar surface area (TPSA) is 142 Å². The van der Waals surface area contributed by atoms with Crippen LogP contribution in [0.1, 0.15) is 69.2 Å². The van der Waals surface area contributed by atoms with E-state index in [1.54, 1.807) is 38.0 Å². The fourth-order valence-electron chi connectivity index (χ4n) is 5.46. The number of hydrogen-bond donors (Lipinski definition) is 3. The molecule has 4 rings (SSSR count). The number of fused-ring (bicyclic) bond motifs is 1. The van der Waals surface area contributed by atoms with Crippen molar-refractivity contribution < 1.29 is 32.3 Å². The molecule has 3 N–H and O–H groups in total. The van der Waals surface area contributed by atoms with Gasteiger partial charge in [-0.05, 0) is 69.4 Å². The van der Waals surface area contributed by atoms with Crippen molar-refractivity contribution in [3.63, 3.8) is 0 Å². The molecule has 12 nitrogen and oxygen atoms in total. The van der Waals surface area contributed by atoms with Crippen molar-refractivity contribution >= 4 is 44.4 Å². The van der Waals surface area contributed by atoms with Gasteiger partial charge in [-0.3, -0.25) is 14.4 Å². The Hall–Kier alpha value is -3.81. The lowest BCUT2D eigenvalue weighted by molar-refractivity contribution is -0.160. The number of ether oxygens (including phenoxy) is 2. The summed E-state index contributed by atoms with van der Waals surface area (Å²) in [5.41, 5.74) is 3.10. The summed E-state index contributed by atoms with van der Waals surface area (Å²) in [5.74, 6) is 0.145. The minimum atomic E-state index is -3.59. The highest BCUT2D eigenvalue weighted by Crippen LogP contribution is 2.37. The van der Waals surface area contributed by atoms with E-state index in [1.165, 1.54) is 7.11 Å². The predicted molar refractivity (Wildman–Crippen MR) is 175 cm³/mol. The normalized spacial score (nSPS) is 15.6. The summed E-state index contributed by atoms with van der Waals surface area (Å²) in [4.78, 5) is 36.6. The fourth-order valence-corrected chi connectivity index (χ4v) is 6.01. The third kappa shape index (κ3) is 9.12. The second kappa shape index (κ2) is 13.7. The van der Waals surface area contributed by atoms with Crippen molar-refractivity contribution in [2.75, 3.05) is 49.6 Å². The average molecular weight is 644 g/mol. The summed E-state index contributed by atoms with van der Waals surface area (Å²) in [6.07, 6.45) is 1.04. The second-order valence-corrected chi connectivity index (χ2v) is 14.6. The third-order valence-corrected chi connectivity index (χ3v) is 7.93. The monoisotopic (exact) mass is 643 g/mol. The van der Waals surface area contributed by atoms with E-state index in [4.69, 9.17) is 14.3 Å². The number of amides is 1. The van der Waals surface area contributed by atoms with Gasteiger partial charge in [0.1, 0.15) is 11.3 Å². The average Bonchev–Trinajstić information content (AvgIpc) is 3.36. The van der Waals surface area contributed by atoms with E-state index in [2.05, 4.69) is 40.7 Å². The molecule has 1 atom stereocenters. The van der Waals surface area contributed by atoms with Crippen molar-refractivity contribution in [2.24, 2.45) is 5.92 Å². The minimum absolute atomic E-state index is 0.0179. The van der Waals surface area contributed by atoms with Gasteiger partial charge in [-0.2, -0.15) is 0 Å². The lowest BCUT2D eigenvalue weighted by Gasteiger charge is -2.37. The van der Waals surface area contributed by atoms with Crippen molar-refractivity contribution in [3.8, 4) is 5.75 Å². The molecule has 1 saturated heterocycles. The van der Waals surface area contributed by atoms with Crippen LogP contribution >= 0.6 is 0 Å². The zero-order valence-corrected chi connectivity index (χ0v) is 28.1. The molecule has 0 bridgehead atoms. The molecule has 1 aromatic heterocycles. The number of piperazine rings is 1. The van der Waals surface area contributed by atoms with Crippen molar-refractivity contribution in [3.05, 3.63) is 53.2 Å². The Bertz CT molecular complexity index is 1640. The number of aromatic nitrogens is 1. The van der Waals surface area contributed by atoms with Crippen LogP contribution in [0.25, 0.3) is 10.9 Å². The highest BCUT2D eigenvalue weighted by atomic mass is 32.2. The Balaban J connectivity index is 1.53. The molecule has 45 heavy (non-hydrogen) atoms. The standard InChI is InChI=1S/C32H45N5O7S/c1-20(2)16-22-17-25(29(42-7)26(18-22)35-45(8,40)41)34-30(38)27-19-23-10-9-11-24(28(23)33-27)21(3)36-12-14-37(15-13-36)44-31(39)43-32(4,5)6/h9-11,17-21,33,35H,12-16H2,1-8H3,(H,34,38). The Morgan fingerprint density at radius 3 is 2.29 bits per heavy atom. The van der Waals surface area contributed by atoms with E-state index in [1.807, 2.05) is 24.3 Å². The van der Waals surface area contributed by atoms with Crippen molar-refractivity contribution in [1.29, 1.82) is 0 Å². The lowest BCUT2D eigenvalue weighted by Crippen LogP contribution is -2.48. The van der Waals surface area contributed by atoms with Gasteiger partial charge in [0, 0.05) is 37.6 Å². The summed E-state index contributed by atoms with van der Waals surface area (Å²) in [6, 6.07) is 11.3.